The number of benzene rings is 1. The Bertz CT molecular complexity index is 213. The number of nitrogen functional groups attached to an aromatic ring is 1. The molecule has 1 aromatic rings. The summed E-state index contributed by atoms with van der Waals surface area (Å²) in [6.07, 6.45) is 1.98. The standard InChI is InChI=1S/C7H10N2S/c1-10-9-7-4-2-3-6(8)5-7/h2-5,9H,8H2,1H3. The Balaban J connectivity index is 2.75. The Kier molecular flexibility index (Phi) is 2.45. The molecule has 0 aliphatic heterocycles. The fourth-order valence-electron chi connectivity index (χ4n) is 0.720. The van der Waals surface area contributed by atoms with Crippen LogP contribution in [0.3, 0.4) is 0 Å². The second-order valence-corrected chi connectivity index (χ2v) is 2.54. The highest BCUT2D eigenvalue weighted by atomic mass is 32.2. The second kappa shape index (κ2) is 3.37. The van der Waals surface area contributed by atoms with Gasteiger partial charge in [0.05, 0.1) is 0 Å². The lowest BCUT2D eigenvalue weighted by Gasteiger charge is -2.01. The predicted molar refractivity (Wildman–Crippen MR) is 48.0 cm³/mol. The molecule has 0 saturated carbocycles. The van der Waals surface area contributed by atoms with E-state index in [9.17, 15) is 0 Å². The van der Waals surface area contributed by atoms with Gasteiger partial charge in [-0.2, -0.15) is 0 Å². The van der Waals surface area contributed by atoms with Crippen LogP contribution in [0.1, 0.15) is 0 Å². The molecule has 0 fully saturated rings. The van der Waals surface area contributed by atoms with E-state index in [2.05, 4.69) is 4.72 Å². The van der Waals surface area contributed by atoms with E-state index in [-0.39, 0.29) is 0 Å². The topological polar surface area (TPSA) is 38.0 Å². The quantitative estimate of drug-likeness (QED) is 0.505. The molecule has 0 unspecified atom stereocenters. The third kappa shape index (κ3) is 1.84. The molecule has 3 heteroatoms. The summed E-state index contributed by atoms with van der Waals surface area (Å²) in [7, 11) is 0. The van der Waals surface area contributed by atoms with Crippen LogP contribution in [0.25, 0.3) is 0 Å². The van der Waals surface area contributed by atoms with Crippen LogP contribution in [-0.4, -0.2) is 6.26 Å². The van der Waals surface area contributed by atoms with Crippen molar-refractivity contribution in [3.8, 4) is 0 Å². The first-order valence-corrected chi connectivity index (χ1v) is 4.20. The first-order valence-electron chi connectivity index (χ1n) is 2.97. The fourth-order valence-corrected chi connectivity index (χ4v) is 1.08. The van der Waals surface area contributed by atoms with E-state index in [4.69, 9.17) is 5.73 Å². The van der Waals surface area contributed by atoms with Crippen LogP contribution in [0.15, 0.2) is 24.3 Å². The molecule has 0 bridgehead atoms. The highest BCUT2D eigenvalue weighted by Crippen LogP contribution is 2.13. The summed E-state index contributed by atoms with van der Waals surface area (Å²) in [5.41, 5.74) is 7.38. The van der Waals surface area contributed by atoms with E-state index in [1.165, 1.54) is 0 Å². The van der Waals surface area contributed by atoms with Crippen molar-refractivity contribution in [3.63, 3.8) is 0 Å². The zero-order valence-corrected chi connectivity index (χ0v) is 6.61. The van der Waals surface area contributed by atoms with Crippen LogP contribution < -0.4 is 10.5 Å². The summed E-state index contributed by atoms with van der Waals surface area (Å²) >= 11 is 1.56. The molecule has 3 N–H and O–H groups in total. The van der Waals surface area contributed by atoms with Gasteiger partial charge in [-0.3, -0.25) is 0 Å². The van der Waals surface area contributed by atoms with Gasteiger partial charge in [0.1, 0.15) is 0 Å². The van der Waals surface area contributed by atoms with Crippen LogP contribution in [0.4, 0.5) is 11.4 Å². The minimum atomic E-state index is 0.791. The molecule has 1 rings (SSSR count). The van der Waals surface area contributed by atoms with E-state index in [1.807, 2.05) is 30.5 Å². The van der Waals surface area contributed by atoms with Gasteiger partial charge in [-0.15, -0.1) is 0 Å². The number of anilines is 2. The molecular weight excluding hydrogens is 144 g/mol. The van der Waals surface area contributed by atoms with E-state index in [1.54, 1.807) is 11.9 Å². The molecule has 0 heterocycles. The minimum absolute atomic E-state index is 0.791. The number of hydrogen-bond donors (Lipinski definition) is 2. The molecule has 54 valence electrons. The Morgan fingerprint density at radius 1 is 1.50 bits per heavy atom. The maximum atomic E-state index is 5.54. The SMILES string of the molecule is CSNc1cccc(N)c1. The third-order valence-corrected chi connectivity index (χ3v) is 1.55. The zero-order chi connectivity index (χ0) is 7.40. The highest BCUT2D eigenvalue weighted by Gasteiger charge is 1.88. The lowest BCUT2D eigenvalue weighted by atomic mass is 10.3. The maximum Gasteiger partial charge on any atom is 0.0460 e. The third-order valence-electron chi connectivity index (χ3n) is 1.11. The molecule has 0 spiro atoms. The monoisotopic (exact) mass is 154 g/mol. The summed E-state index contributed by atoms with van der Waals surface area (Å²) in [5, 5.41) is 0. The molecular formula is C7H10N2S. The van der Waals surface area contributed by atoms with Crippen LogP contribution in [0.2, 0.25) is 0 Å². The molecule has 1 aromatic carbocycles. The van der Waals surface area contributed by atoms with Gasteiger partial charge in [0.25, 0.3) is 0 Å². The largest absolute Gasteiger partial charge is 0.399 e. The zero-order valence-electron chi connectivity index (χ0n) is 5.79. The summed E-state index contributed by atoms with van der Waals surface area (Å²) in [5.74, 6) is 0. The fraction of sp³-hybridized carbons (Fsp3) is 0.143. The van der Waals surface area contributed by atoms with Crippen molar-refractivity contribution in [2.45, 2.75) is 0 Å². The van der Waals surface area contributed by atoms with Crippen molar-refractivity contribution in [1.82, 2.24) is 0 Å². The van der Waals surface area contributed by atoms with Gasteiger partial charge in [0.15, 0.2) is 0 Å². The second-order valence-electron chi connectivity index (χ2n) is 1.93. The van der Waals surface area contributed by atoms with Crippen LogP contribution in [0.5, 0.6) is 0 Å². The summed E-state index contributed by atoms with van der Waals surface area (Å²) in [6, 6.07) is 7.67. The predicted octanol–water partition coefficient (Wildman–Crippen LogP) is 1.96. The molecule has 10 heavy (non-hydrogen) atoms. The summed E-state index contributed by atoms with van der Waals surface area (Å²) in [4.78, 5) is 0. The van der Waals surface area contributed by atoms with Gasteiger partial charge in [0, 0.05) is 17.6 Å². The lowest BCUT2D eigenvalue weighted by Crippen LogP contribution is -1.87. The smallest absolute Gasteiger partial charge is 0.0460 e. The van der Waals surface area contributed by atoms with E-state index < -0.39 is 0 Å². The average Bonchev–Trinajstić information content (AvgIpc) is 1.88. The molecule has 2 nitrogen and oxygen atoms in total. The number of hydrogen-bond acceptors (Lipinski definition) is 3. The van der Waals surface area contributed by atoms with Gasteiger partial charge in [-0.25, -0.2) is 0 Å². The number of nitrogens with one attached hydrogen (secondary N) is 1. The molecule has 0 saturated heterocycles. The Morgan fingerprint density at radius 2 is 2.30 bits per heavy atom. The summed E-state index contributed by atoms with van der Waals surface area (Å²) in [6.45, 7) is 0. The Morgan fingerprint density at radius 3 is 2.90 bits per heavy atom. The van der Waals surface area contributed by atoms with Gasteiger partial charge in [-0.05, 0) is 18.2 Å². The van der Waals surface area contributed by atoms with Crippen LogP contribution in [0, 0.1) is 0 Å². The van der Waals surface area contributed by atoms with Crippen molar-refractivity contribution >= 4 is 23.3 Å². The number of rotatable bonds is 2. The molecule has 0 amide bonds. The minimum Gasteiger partial charge on any atom is -0.399 e. The lowest BCUT2D eigenvalue weighted by molar-refractivity contribution is 1.66. The Hall–Kier alpha value is -0.830. The molecule has 0 aliphatic carbocycles. The van der Waals surface area contributed by atoms with Crippen molar-refractivity contribution in [1.29, 1.82) is 0 Å². The summed E-state index contributed by atoms with van der Waals surface area (Å²) < 4.78 is 3.08. The van der Waals surface area contributed by atoms with Crippen molar-refractivity contribution in [2.75, 3.05) is 16.7 Å². The molecule has 0 radical (unpaired) electrons. The van der Waals surface area contributed by atoms with Gasteiger partial charge >= 0.3 is 0 Å². The normalized spacial score (nSPS) is 9.30. The Labute approximate surface area is 64.9 Å². The molecule has 0 aromatic heterocycles. The van der Waals surface area contributed by atoms with Crippen molar-refractivity contribution in [3.05, 3.63) is 24.3 Å². The van der Waals surface area contributed by atoms with E-state index in [0.29, 0.717) is 0 Å². The highest BCUT2D eigenvalue weighted by molar-refractivity contribution is 7.99. The number of nitrogens with two attached hydrogens (primary N) is 1. The first-order chi connectivity index (χ1) is 4.83. The first kappa shape index (κ1) is 7.28. The van der Waals surface area contributed by atoms with Gasteiger partial charge in [-0.1, -0.05) is 18.0 Å². The molecule has 0 aliphatic rings. The van der Waals surface area contributed by atoms with Crippen molar-refractivity contribution in [2.24, 2.45) is 0 Å². The van der Waals surface area contributed by atoms with Crippen LogP contribution >= 0.6 is 11.9 Å². The van der Waals surface area contributed by atoms with Crippen molar-refractivity contribution < 1.29 is 0 Å². The van der Waals surface area contributed by atoms with Crippen LogP contribution in [-0.2, 0) is 0 Å². The average molecular weight is 154 g/mol. The van der Waals surface area contributed by atoms with E-state index in [0.717, 1.165) is 11.4 Å². The maximum absolute atomic E-state index is 5.54. The van der Waals surface area contributed by atoms with E-state index >= 15 is 0 Å². The van der Waals surface area contributed by atoms with Gasteiger partial charge in [0.2, 0.25) is 0 Å². The molecule has 0 atom stereocenters. The van der Waals surface area contributed by atoms with Gasteiger partial charge < -0.3 is 10.5 Å².